The van der Waals surface area contributed by atoms with Gasteiger partial charge in [0.05, 0.1) is 5.56 Å². The summed E-state index contributed by atoms with van der Waals surface area (Å²) < 4.78 is 1.49. The highest BCUT2D eigenvalue weighted by Crippen LogP contribution is 2.28. The molecule has 0 fully saturated rings. The normalized spacial score (nSPS) is 13.6. The Labute approximate surface area is 152 Å². The van der Waals surface area contributed by atoms with Crippen LogP contribution >= 0.6 is 11.3 Å². The summed E-state index contributed by atoms with van der Waals surface area (Å²) in [7, 11) is 0. The molecule has 4 rings (SSSR count). The van der Waals surface area contributed by atoms with Crippen molar-refractivity contribution in [2.75, 3.05) is 5.73 Å². The van der Waals surface area contributed by atoms with E-state index >= 15 is 0 Å². The summed E-state index contributed by atoms with van der Waals surface area (Å²) in [6, 6.07) is 7.87. The van der Waals surface area contributed by atoms with Crippen LogP contribution in [0, 0.1) is 6.92 Å². The summed E-state index contributed by atoms with van der Waals surface area (Å²) in [5.41, 5.74) is 8.79. The van der Waals surface area contributed by atoms with Gasteiger partial charge in [-0.15, -0.1) is 0 Å². The van der Waals surface area contributed by atoms with Crippen LogP contribution in [0.2, 0.25) is 0 Å². The first-order valence-electron chi connectivity index (χ1n) is 7.90. The molecule has 2 N–H and O–H groups in total. The second-order valence-electron chi connectivity index (χ2n) is 5.85. The number of aromatic nitrogens is 3. The molecule has 0 amide bonds. The lowest BCUT2D eigenvalue weighted by atomic mass is 10.1. The predicted molar refractivity (Wildman–Crippen MR) is 103 cm³/mol. The minimum Gasteiger partial charge on any atom is -0.383 e. The van der Waals surface area contributed by atoms with Crippen LogP contribution in [0.25, 0.3) is 21.6 Å². The van der Waals surface area contributed by atoms with Gasteiger partial charge in [0.25, 0.3) is 5.56 Å². The maximum atomic E-state index is 12.4. The predicted octanol–water partition coefficient (Wildman–Crippen LogP) is 2.79. The van der Waals surface area contributed by atoms with E-state index in [-0.39, 0.29) is 17.2 Å². The van der Waals surface area contributed by atoms with E-state index < -0.39 is 5.56 Å². The highest BCUT2D eigenvalue weighted by Gasteiger charge is 2.15. The smallest absolute Gasteiger partial charge is 0.283 e. The molecular formula is C19H14N4O2S. The SMILES string of the molecule is Cc1ccccc1-c1nn2c(N)c(C=C3C=CC(=O)C=C3)c(=O)nc2s1. The molecule has 0 spiro atoms. The second-order valence-corrected chi connectivity index (χ2v) is 6.80. The van der Waals surface area contributed by atoms with E-state index in [1.165, 1.54) is 28.0 Å². The Morgan fingerprint density at radius 3 is 2.58 bits per heavy atom. The molecule has 1 aliphatic rings. The monoisotopic (exact) mass is 362 g/mol. The molecule has 2 heterocycles. The molecule has 0 radical (unpaired) electrons. The largest absolute Gasteiger partial charge is 0.383 e. The summed E-state index contributed by atoms with van der Waals surface area (Å²) >= 11 is 1.32. The van der Waals surface area contributed by atoms with Crippen LogP contribution in [0.1, 0.15) is 11.1 Å². The molecule has 7 heteroatoms. The fraction of sp³-hybridized carbons (Fsp3) is 0.0526. The van der Waals surface area contributed by atoms with Gasteiger partial charge in [0.1, 0.15) is 10.8 Å². The van der Waals surface area contributed by atoms with Crippen molar-refractivity contribution in [3.8, 4) is 10.6 Å². The third-order valence-corrected chi connectivity index (χ3v) is 5.00. The number of hydrogen-bond donors (Lipinski definition) is 1. The van der Waals surface area contributed by atoms with Crippen molar-refractivity contribution < 1.29 is 4.79 Å². The first-order chi connectivity index (χ1) is 12.5. The van der Waals surface area contributed by atoms with E-state index in [2.05, 4.69) is 10.1 Å². The first kappa shape index (κ1) is 16.2. The van der Waals surface area contributed by atoms with Crippen LogP contribution < -0.4 is 11.3 Å². The van der Waals surface area contributed by atoms with E-state index in [0.717, 1.165) is 16.1 Å². The molecule has 0 atom stereocenters. The van der Waals surface area contributed by atoms with Crippen LogP contribution in [-0.4, -0.2) is 20.4 Å². The van der Waals surface area contributed by atoms with Crippen molar-refractivity contribution in [2.24, 2.45) is 0 Å². The van der Waals surface area contributed by atoms with Crippen molar-refractivity contribution in [1.82, 2.24) is 14.6 Å². The summed E-state index contributed by atoms with van der Waals surface area (Å²) in [5, 5.41) is 5.28. The highest BCUT2D eigenvalue weighted by molar-refractivity contribution is 7.19. The van der Waals surface area contributed by atoms with Gasteiger partial charge in [-0.05, 0) is 36.3 Å². The van der Waals surface area contributed by atoms with Crippen molar-refractivity contribution in [3.63, 3.8) is 0 Å². The lowest BCUT2D eigenvalue weighted by molar-refractivity contribution is -0.110. The van der Waals surface area contributed by atoms with Gasteiger partial charge < -0.3 is 5.73 Å². The van der Waals surface area contributed by atoms with Crippen LogP contribution in [0.5, 0.6) is 0 Å². The van der Waals surface area contributed by atoms with Crippen LogP contribution in [0.3, 0.4) is 0 Å². The molecular weight excluding hydrogens is 348 g/mol. The van der Waals surface area contributed by atoms with E-state index in [0.29, 0.717) is 10.5 Å². The Morgan fingerprint density at radius 2 is 1.85 bits per heavy atom. The molecule has 0 unspecified atom stereocenters. The Morgan fingerprint density at radius 1 is 1.12 bits per heavy atom. The first-order valence-corrected chi connectivity index (χ1v) is 8.72. The fourth-order valence-electron chi connectivity index (χ4n) is 2.67. The van der Waals surface area contributed by atoms with Crippen molar-refractivity contribution in [3.05, 3.63) is 75.6 Å². The molecule has 0 saturated carbocycles. The second kappa shape index (κ2) is 6.20. The molecule has 1 aliphatic carbocycles. The third-order valence-electron chi connectivity index (χ3n) is 4.06. The molecule has 2 aromatic heterocycles. The number of fused-ring (bicyclic) bond motifs is 1. The Kier molecular flexibility index (Phi) is 3.85. The highest BCUT2D eigenvalue weighted by atomic mass is 32.1. The lowest BCUT2D eigenvalue weighted by Gasteiger charge is -2.03. The molecule has 128 valence electrons. The maximum Gasteiger partial charge on any atom is 0.283 e. The van der Waals surface area contributed by atoms with Crippen LogP contribution in [0.4, 0.5) is 5.82 Å². The van der Waals surface area contributed by atoms with E-state index in [9.17, 15) is 9.59 Å². The number of nitrogens with zero attached hydrogens (tertiary/aromatic N) is 3. The number of anilines is 1. The molecule has 0 bridgehead atoms. The average Bonchev–Trinajstić information content (AvgIpc) is 3.04. The van der Waals surface area contributed by atoms with Crippen LogP contribution in [0.15, 0.2) is 58.9 Å². The number of aryl methyl sites for hydroxylation is 1. The third kappa shape index (κ3) is 2.78. The number of allylic oxidation sites excluding steroid dienone is 5. The molecule has 1 aromatic carbocycles. The standard InChI is InChI=1S/C19H14N4O2S/c1-11-4-2-3-5-14(11)18-22-23-16(20)15(17(25)21-19(23)26-18)10-12-6-8-13(24)9-7-12/h2-10H,20H2,1H3. The molecule has 6 nitrogen and oxygen atoms in total. The Balaban J connectivity index is 1.87. The van der Waals surface area contributed by atoms with Crippen molar-refractivity contribution >= 4 is 34.0 Å². The van der Waals surface area contributed by atoms with Gasteiger partial charge in [-0.25, -0.2) is 0 Å². The molecule has 3 aromatic rings. The van der Waals surface area contributed by atoms with Gasteiger partial charge in [-0.2, -0.15) is 14.6 Å². The van der Waals surface area contributed by atoms with Gasteiger partial charge in [0.15, 0.2) is 5.78 Å². The van der Waals surface area contributed by atoms with E-state index in [1.807, 2.05) is 31.2 Å². The van der Waals surface area contributed by atoms with Gasteiger partial charge >= 0.3 is 0 Å². The summed E-state index contributed by atoms with van der Waals surface area (Å²) in [6.07, 6.45) is 7.75. The molecule has 0 saturated heterocycles. The van der Waals surface area contributed by atoms with Gasteiger partial charge in [0, 0.05) is 5.56 Å². The van der Waals surface area contributed by atoms with Gasteiger partial charge in [0.2, 0.25) is 4.96 Å². The quantitative estimate of drug-likeness (QED) is 0.757. The number of hydrogen-bond acceptors (Lipinski definition) is 6. The Hall–Kier alpha value is -3.32. The zero-order chi connectivity index (χ0) is 18.3. The van der Waals surface area contributed by atoms with E-state index in [4.69, 9.17) is 5.73 Å². The minimum absolute atomic E-state index is 0.0946. The summed E-state index contributed by atoms with van der Waals surface area (Å²) in [5.74, 6) is 0.130. The fourth-order valence-corrected chi connectivity index (χ4v) is 3.66. The van der Waals surface area contributed by atoms with Crippen LogP contribution in [-0.2, 0) is 4.79 Å². The van der Waals surface area contributed by atoms with Gasteiger partial charge in [-0.1, -0.05) is 47.8 Å². The average molecular weight is 362 g/mol. The zero-order valence-corrected chi connectivity index (χ0v) is 14.7. The number of nitrogens with two attached hydrogens (primary N) is 1. The zero-order valence-electron chi connectivity index (χ0n) is 13.8. The van der Waals surface area contributed by atoms with Crippen molar-refractivity contribution in [1.29, 1.82) is 0 Å². The number of carbonyl (C=O) groups is 1. The summed E-state index contributed by atoms with van der Waals surface area (Å²) in [6.45, 7) is 2.00. The summed E-state index contributed by atoms with van der Waals surface area (Å²) in [4.78, 5) is 28.2. The number of carbonyl (C=O) groups excluding carboxylic acids is 1. The van der Waals surface area contributed by atoms with Crippen molar-refractivity contribution in [2.45, 2.75) is 6.92 Å². The lowest BCUT2D eigenvalue weighted by Crippen LogP contribution is -2.16. The number of nitrogen functional groups attached to an aromatic ring is 1. The van der Waals surface area contributed by atoms with E-state index in [1.54, 1.807) is 18.2 Å². The topological polar surface area (TPSA) is 90.4 Å². The number of benzene rings is 1. The Bertz CT molecular complexity index is 1180. The molecule has 0 aliphatic heterocycles. The molecule has 26 heavy (non-hydrogen) atoms. The number of ketones is 1. The maximum absolute atomic E-state index is 12.4. The number of rotatable bonds is 2. The minimum atomic E-state index is -0.423. The van der Waals surface area contributed by atoms with Gasteiger partial charge in [-0.3, -0.25) is 9.59 Å².